The minimum atomic E-state index is -0.342. The fraction of sp³-hybridized carbons (Fsp3) is 0.154. The third-order valence-corrected chi connectivity index (χ3v) is 2.58. The zero-order valence-electron chi connectivity index (χ0n) is 9.35. The first-order valence-electron chi connectivity index (χ1n) is 5.21. The van der Waals surface area contributed by atoms with E-state index in [1.165, 1.54) is 24.4 Å². The third-order valence-electron chi connectivity index (χ3n) is 2.58. The summed E-state index contributed by atoms with van der Waals surface area (Å²) in [6.07, 6.45) is 1.53. The number of nitrogens with zero attached hydrogens (tertiary/aromatic N) is 1. The highest BCUT2D eigenvalue weighted by molar-refractivity contribution is 5.35. The van der Waals surface area contributed by atoms with E-state index in [1.54, 1.807) is 23.6 Å². The van der Waals surface area contributed by atoms with E-state index < -0.39 is 0 Å². The van der Waals surface area contributed by atoms with Gasteiger partial charge in [-0.1, -0.05) is 6.07 Å². The van der Waals surface area contributed by atoms with Crippen LogP contribution in [0, 0.1) is 12.7 Å². The van der Waals surface area contributed by atoms with Gasteiger partial charge in [0.15, 0.2) is 5.43 Å². The average Bonchev–Trinajstić information content (AvgIpc) is 2.29. The molecule has 2 aromatic rings. The van der Waals surface area contributed by atoms with Crippen molar-refractivity contribution in [2.24, 2.45) is 0 Å². The number of aliphatic hydroxyl groups excluding tert-OH is 1. The second kappa shape index (κ2) is 4.51. The van der Waals surface area contributed by atoms with Crippen LogP contribution in [0.25, 0.3) is 5.69 Å². The second-order valence-electron chi connectivity index (χ2n) is 3.81. The van der Waals surface area contributed by atoms with Crippen molar-refractivity contribution >= 4 is 0 Å². The Morgan fingerprint density at radius 1 is 1.35 bits per heavy atom. The van der Waals surface area contributed by atoms with Crippen LogP contribution in [-0.2, 0) is 6.61 Å². The Labute approximate surface area is 97.8 Å². The number of halogens is 1. The molecular formula is C13H12FNO2. The lowest BCUT2D eigenvalue weighted by Gasteiger charge is -2.11. The summed E-state index contributed by atoms with van der Waals surface area (Å²) in [5.41, 5.74) is 1.40. The molecule has 0 aliphatic rings. The van der Waals surface area contributed by atoms with Gasteiger partial charge in [-0.05, 0) is 25.1 Å². The standard InChI is InChI=1S/C13H12FNO2/c1-9-5-13(17)10(8-16)7-15(9)12-4-2-3-11(14)6-12/h2-7,16H,8H2,1H3. The molecule has 0 atom stereocenters. The lowest BCUT2D eigenvalue weighted by molar-refractivity contribution is 0.280. The van der Waals surface area contributed by atoms with E-state index in [-0.39, 0.29) is 17.9 Å². The van der Waals surface area contributed by atoms with Gasteiger partial charge in [0.2, 0.25) is 0 Å². The Hall–Kier alpha value is -1.94. The number of aliphatic hydroxyl groups is 1. The smallest absolute Gasteiger partial charge is 0.187 e. The molecular weight excluding hydrogens is 221 g/mol. The Morgan fingerprint density at radius 3 is 2.76 bits per heavy atom. The van der Waals surface area contributed by atoms with Gasteiger partial charge in [0.25, 0.3) is 0 Å². The monoisotopic (exact) mass is 233 g/mol. The van der Waals surface area contributed by atoms with Gasteiger partial charge in [-0.3, -0.25) is 4.79 Å². The molecule has 1 N–H and O–H groups in total. The molecule has 0 spiro atoms. The van der Waals surface area contributed by atoms with Crippen LogP contribution in [0.1, 0.15) is 11.3 Å². The van der Waals surface area contributed by atoms with Gasteiger partial charge >= 0.3 is 0 Å². The van der Waals surface area contributed by atoms with Crippen molar-refractivity contribution < 1.29 is 9.50 Å². The molecule has 17 heavy (non-hydrogen) atoms. The Bertz CT molecular complexity index is 605. The zero-order valence-corrected chi connectivity index (χ0v) is 9.35. The van der Waals surface area contributed by atoms with Gasteiger partial charge < -0.3 is 9.67 Å². The maximum Gasteiger partial charge on any atom is 0.187 e. The van der Waals surface area contributed by atoms with Crippen molar-refractivity contribution in [1.29, 1.82) is 0 Å². The molecule has 0 amide bonds. The van der Waals surface area contributed by atoms with Crippen molar-refractivity contribution in [2.45, 2.75) is 13.5 Å². The number of aryl methyl sites for hydroxylation is 1. The number of benzene rings is 1. The number of hydrogen-bond donors (Lipinski definition) is 1. The highest BCUT2D eigenvalue weighted by Gasteiger charge is 2.05. The first-order valence-corrected chi connectivity index (χ1v) is 5.21. The molecule has 0 unspecified atom stereocenters. The molecule has 4 heteroatoms. The highest BCUT2D eigenvalue weighted by Crippen LogP contribution is 2.12. The Kier molecular flexibility index (Phi) is 3.06. The molecule has 1 aromatic carbocycles. The fourth-order valence-corrected chi connectivity index (χ4v) is 1.70. The summed E-state index contributed by atoms with van der Waals surface area (Å²) in [6, 6.07) is 7.49. The first-order chi connectivity index (χ1) is 8.11. The van der Waals surface area contributed by atoms with Gasteiger partial charge in [-0.25, -0.2) is 4.39 Å². The number of aromatic nitrogens is 1. The third kappa shape index (κ3) is 2.26. The predicted molar refractivity (Wildman–Crippen MR) is 62.7 cm³/mol. The predicted octanol–water partition coefficient (Wildman–Crippen LogP) is 1.78. The summed E-state index contributed by atoms with van der Waals surface area (Å²) in [5, 5.41) is 9.05. The molecule has 2 rings (SSSR count). The summed E-state index contributed by atoms with van der Waals surface area (Å²) in [7, 11) is 0. The molecule has 0 aliphatic heterocycles. The highest BCUT2D eigenvalue weighted by atomic mass is 19.1. The zero-order chi connectivity index (χ0) is 12.4. The topological polar surface area (TPSA) is 42.2 Å². The molecule has 0 saturated heterocycles. The van der Waals surface area contributed by atoms with E-state index in [0.717, 1.165) is 0 Å². The van der Waals surface area contributed by atoms with Crippen LogP contribution in [0.15, 0.2) is 41.3 Å². The van der Waals surface area contributed by atoms with E-state index in [9.17, 15) is 9.18 Å². The van der Waals surface area contributed by atoms with Crippen LogP contribution in [0.4, 0.5) is 4.39 Å². The summed E-state index contributed by atoms with van der Waals surface area (Å²) < 4.78 is 14.8. The summed E-state index contributed by atoms with van der Waals surface area (Å²) in [4.78, 5) is 11.5. The Morgan fingerprint density at radius 2 is 2.12 bits per heavy atom. The van der Waals surface area contributed by atoms with Crippen molar-refractivity contribution in [1.82, 2.24) is 4.57 Å². The maximum atomic E-state index is 13.1. The van der Waals surface area contributed by atoms with Crippen LogP contribution in [0.3, 0.4) is 0 Å². The quantitative estimate of drug-likeness (QED) is 0.859. The maximum absolute atomic E-state index is 13.1. The molecule has 0 radical (unpaired) electrons. The van der Waals surface area contributed by atoms with Crippen molar-refractivity contribution in [3.8, 4) is 5.69 Å². The van der Waals surface area contributed by atoms with Crippen molar-refractivity contribution in [3.63, 3.8) is 0 Å². The van der Waals surface area contributed by atoms with Crippen LogP contribution in [-0.4, -0.2) is 9.67 Å². The minimum absolute atomic E-state index is 0.211. The molecule has 0 fully saturated rings. The van der Waals surface area contributed by atoms with E-state index in [1.807, 2.05) is 0 Å². The molecule has 88 valence electrons. The lowest BCUT2D eigenvalue weighted by Crippen LogP contribution is -2.14. The van der Waals surface area contributed by atoms with Crippen LogP contribution in [0.2, 0.25) is 0 Å². The first kappa shape index (κ1) is 11.5. The van der Waals surface area contributed by atoms with Gasteiger partial charge in [-0.2, -0.15) is 0 Å². The normalized spacial score (nSPS) is 10.5. The van der Waals surface area contributed by atoms with Crippen LogP contribution < -0.4 is 5.43 Å². The lowest BCUT2D eigenvalue weighted by atomic mass is 10.2. The fourth-order valence-electron chi connectivity index (χ4n) is 1.70. The van der Waals surface area contributed by atoms with Crippen LogP contribution >= 0.6 is 0 Å². The van der Waals surface area contributed by atoms with Gasteiger partial charge in [0, 0.05) is 29.2 Å². The van der Waals surface area contributed by atoms with E-state index in [0.29, 0.717) is 16.9 Å². The summed E-state index contributed by atoms with van der Waals surface area (Å²) in [5.74, 6) is -0.342. The van der Waals surface area contributed by atoms with E-state index in [2.05, 4.69) is 0 Å². The Balaban J connectivity index is 2.63. The van der Waals surface area contributed by atoms with Gasteiger partial charge in [0.1, 0.15) is 5.82 Å². The second-order valence-corrected chi connectivity index (χ2v) is 3.81. The van der Waals surface area contributed by atoms with Gasteiger partial charge in [0.05, 0.1) is 6.61 Å². The minimum Gasteiger partial charge on any atom is -0.391 e. The van der Waals surface area contributed by atoms with E-state index in [4.69, 9.17) is 5.11 Å². The molecule has 3 nitrogen and oxygen atoms in total. The molecule has 0 bridgehead atoms. The molecule has 1 aromatic heterocycles. The molecule has 1 heterocycles. The van der Waals surface area contributed by atoms with Crippen molar-refractivity contribution in [3.05, 3.63) is 63.8 Å². The summed E-state index contributed by atoms with van der Waals surface area (Å²) >= 11 is 0. The van der Waals surface area contributed by atoms with Crippen molar-refractivity contribution in [2.75, 3.05) is 0 Å². The number of rotatable bonds is 2. The SMILES string of the molecule is Cc1cc(=O)c(CO)cn1-c1cccc(F)c1. The van der Waals surface area contributed by atoms with E-state index >= 15 is 0 Å². The largest absolute Gasteiger partial charge is 0.391 e. The molecule has 0 aliphatic carbocycles. The molecule has 0 saturated carbocycles. The van der Waals surface area contributed by atoms with Crippen LogP contribution in [0.5, 0.6) is 0 Å². The van der Waals surface area contributed by atoms with Gasteiger partial charge in [-0.15, -0.1) is 0 Å². The number of hydrogen-bond acceptors (Lipinski definition) is 2. The number of pyridine rings is 1. The average molecular weight is 233 g/mol. The summed E-state index contributed by atoms with van der Waals surface area (Å²) in [6.45, 7) is 1.43.